The van der Waals surface area contributed by atoms with Gasteiger partial charge in [0, 0.05) is 23.2 Å². The molecule has 1 saturated heterocycles. The van der Waals surface area contributed by atoms with E-state index >= 15 is 0 Å². The Morgan fingerprint density at radius 3 is 2.78 bits per heavy atom. The van der Waals surface area contributed by atoms with Gasteiger partial charge in [-0.2, -0.15) is 0 Å². The van der Waals surface area contributed by atoms with Gasteiger partial charge in [-0.25, -0.2) is 0 Å². The van der Waals surface area contributed by atoms with E-state index in [1.807, 2.05) is 13.0 Å². The third-order valence-electron chi connectivity index (χ3n) is 4.79. The van der Waals surface area contributed by atoms with Crippen LogP contribution in [0.3, 0.4) is 0 Å². The number of aromatic nitrogens is 3. The van der Waals surface area contributed by atoms with Crippen molar-refractivity contribution >= 4 is 28.2 Å². The Morgan fingerprint density at radius 1 is 1.26 bits per heavy atom. The summed E-state index contributed by atoms with van der Waals surface area (Å²) >= 11 is 6.40. The molecule has 7 heteroatoms. The molecule has 2 aromatic heterocycles. The third-order valence-corrected chi connectivity index (χ3v) is 5.08. The number of rotatable bonds is 3. The van der Waals surface area contributed by atoms with Crippen molar-refractivity contribution in [3.63, 3.8) is 0 Å². The smallest absolute Gasteiger partial charge is 0.158 e. The van der Waals surface area contributed by atoms with Crippen molar-refractivity contribution < 1.29 is 9.84 Å². The predicted molar refractivity (Wildman–Crippen MR) is 106 cm³/mol. The van der Waals surface area contributed by atoms with Crippen LogP contribution >= 0.6 is 11.6 Å². The van der Waals surface area contributed by atoms with Gasteiger partial charge in [-0.3, -0.25) is 4.98 Å². The molecule has 1 aromatic carbocycles. The van der Waals surface area contributed by atoms with Crippen LogP contribution < -0.4 is 5.32 Å². The average Bonchev–Trinajstić information content (AvgIpc) is 2.94. The number of aryl methyl sites for hydroxylation is 1. The number of nitrogens with one attached hydrogen (secondary N) is 1. The molecule has 1 fully saturated rings. The summed E-state index contributed by atoms with van der Waals surface area (Å²) in [6.45, 7) is 6.64. The molecule has 3 aromatic rings. The number of hydrogen-bond acceptors (Lipinski definition) is 6. The molecule has 3 heterocycles. The zero-order valence-electron chi connectivity index (χ0n) is 15.5. The van der Waals surface area contributed by atoms with Gasteiger partial charge >= 0.3 is 0 Å². The second kappa shape index (κ2) is 6.62. The molecule has 0 spiro atoms. The zero-order valence-corrected chi connectivity index (χ0v) is 16.2. The molecule has 27 heavy (non-hydrogen) atoms. The largest absolute Gasteiger partial charge is 0.507 e. The van der Waals surface area contributed by atoms with Crippen LogP contribution in [0.1, 0.15) is 25.8 Å². The number of phenolic OH excluding ortho intramolecular Hbond substituents is 1. The van der Waals surface area contributed by atoms with Crippen LogP contribution in [-0.2, 0) is 4.74 Å². The Kier molecular flexibility index (Phi) is 4.40. The molecule has 1 aliphatic heterocycles. The lowest BCUT2D eigenvalue weighted by atomic mass is 10.0. The molecule has 4 rings (SSSR count). The van der Waals surface area contributed by atoms with Gasteiger partial charge in [0.05, 0.1) is 28.8 Å². The molecule has 0 amide bonds. The molecule has 2 N–H and O–H groups in total. The van der Waals surface area contributed by atoms with E-state index in [4.69, 9.17) is 16.3 Å². The normalized spacial score (nSPS) is 18.7. The van der Waals surface area contributed by atoms with E-state index in [0.717, 1.165) is 22.8 Å². The molecule has 1 atom stereocenters. The maximum absolute atomic E-state index is 10.4. The van der Waals surface area contributed by atoms with Gasteiger partial charge in [0.25, 0.3) is 0 Å². The van der Waals surface area contributed by atoms with Crippen LogP contribution in [-0.4, -0.2) is 38.5 Å². The van der Waals surface area contributed by atoms with Gasteiger partial charge in [0.1, 0.15) is 11.4 Å². The first-order chi connectivity index (χ1) is 12.8. The fourth-order valence-electron chi connectivity index (χ4n) is 3.57. The lowest BCUT2D eigenvalue weighted by Crippen LogP contribution is -2.23. The lowest BCUT2D eigenvalue weighted by molar-refractivity contribution is 0.0363. The Labute approximate surface area is 162 Å². The number of benzene rings is 1. The van der Waals surface area contributed by atoms with Crippen molar-refractivity contribution in [3.8, 4) is 17.0 Å². The van der Waals surface area contributed by atoms with Crippen molar-refractivity contribution in [1.29, 1.82) is 0 Å². The van der Waals surface area contributed by atoms with Crippen LogP contribution in [0, 0.1) is 6.92 Å². The summed E-state index contributed by atoms with van der Waals surface area (Å²) in [6.07, 6.45) is 4.32. The van der Waals surface area contributed by atoms with Crippen molar-refractivity contribution in [1.82, 2.24) is 15.2 Å². The predicted octanol–water partition coefficient (Wildman–Crippen LogP) is 4.34. The maximum Gasteiger partial charge on any atom is 0.158 e. The molecule has 0 bridgehead atoms. The van der Waals surface area contributed by atoms with Gasteiger partial charge in [-0.1, -0.05) is 11.6 Å². The highest BCUT2D eigenvalue weighted by Crippen LogP contribution is 2.40. The van der Waals surface area contributed by atoms with Gasteiger partial charge < -0.3 is 15.2 Å². The van der Waals surface area contributed by atoms with E-state index < -0.39 is 0 Å². The van der Waals surface area contributed by atoms with E-state index in [-0.39, 0.29) is 17.4 Å². The Morgan fingerprint density at radius 2 is 2.07 bits per heavy atom. The summed E-state index contributed by atoms with van der Waals surface area (Å²) in [4.78, 5) is 4.24. The first-order valence-corrected chi connectivity index (χ1v) is 9.22. The maximum atomic E-state index is 10.4. The number of phenols is 1. The lowest BCUT2D eigenvalue weighted by Gasteiger charge is -2.17. The SMILES string of the molecule is Cc1cc(O)c(-c2nnc(NC3COC(C)(C)C3)c3cnccc23)c(Cl)c1. The van der Waals surface area contributed by atoms with E-state index in [2.05, 4.69) is 34.3 Å². The second-order valence-electron chi connectivity index (χ2n) is 7.58. The summed E-state index contributed by atoms with van der Waals surface area (Å²) < 4.78 is 5.80. The van der Waals surface area contributed by atoms with Crippen LogP contribution in [0.15, 0.2) is 30.6 Å². The quantitative estimate of drug-likeness (QED) is 0.699. The standard InChI is InChI=1S/C20H21ClN4O2/c1-11-6-15(21)17(16(26)7-11)18-13-4-5-22-9-14(13)19(25-24-18)23-12-8-20(2,3)27-10-12/h4-7,9,12,26H,8,10H2,1-3H3,(H,23,25). The number of ether oxygens (including phenoxy) is 1. The zero-order chi connectivity index (χ0) is 19.2. The van der Waals surface area contributed by atoms with Crippen LogP contribution in [0.4, 0.5) is 5.82 Å². The van der Waals surface area contributed by atoms with E-state index in [1.165, 1.54) is 0 Å². The number of anilines is 1. The highest BCUT2D eigenvalue weighted by atomic mass is 35.5. The average molecular weight is 385 g/mol. The summed E-state index contributed by atoms with van der Waals surface area (Å²) in [5.41, 5.74) is 1.73. The van der Waals surface area contributed by atoms with Gasteiger partial charge in [0.2, 0.25) is 0 Å². The first kappa shape index (κ1) is 17.9. The molecule has 1 unspecified atom stereocenters. The monoisotopic (exact) mass is 384 g/mol. The minimum absolute atomic E-state index is 0.0825. The summed E-state index contributed by atoms with van der Waals surface area (Å²) in [6, 6.07) is 5.48. The minimum Gasteiger partial charge on any atom is -0.507 e. The molecule has 0 aliphatic carbocycles. The highest BCUT2D eigenvalue weighted by Gasteiger charge is 2.32. The van der Waals surface area contributed by atoms with Gasteiger partial charge in [-0.15, -0.1) is 10.2 Å². The van der Waals surface area contributed by atoms with Gasteiger partial charge in [0.15, 0.2) is 5.82 Å². The van der Waals surface area contributed by atoms with E-state index in [1.54, 1.807) is 24.5 Å². The van der Waals surface area contributed by atoms with Crippen molar-refractivity contribution in [3.05, 3.63) is 41.2 Å². The van der Waals surface area contributed by atoms with Gasteiger partial charge in [-0.05, 0) is 51.0 Å². The topological polar surface area (TPSA) is 80.2 Å². The van der Waals surface area contributed by atoms with Crippen LogP contribution in [0.2, 0.25) is 5.02 Å². The number of halogens is 1. The molecule has 6 nitrogen and oxygen atoms in total. The number of nitrogens with zero attached hydrogens (tertiary/aromatic N) is 3. The number of aromatic hydroxyl groups is 1. The highest BCUT2D eigenvalue weighted by molar-refractivity contribution is 6.34. The summed E-state index contributed by atoms with van der Waals surface area (Å²) in [5, 5.41) is 24.7. The Balaban J connectivity index is 1.80. The molecule has 0 saturated carbocycles. The fraction of sp³-hybridized carbons (Fsp3) is 0.350. The molecular weight excluding hydrogens is 364 g/mol. The Hall–Kier alpha value is -2.44. The first-order valence-electron chi connectivity index (χ1n) is 8.84. The number of fused-ring (bicyclic) bond motifs is 1. The minimum atomic E-state index is -0.152. The van der Waals surface area contributed by atoms with E-state index in [9.17, 15) is 5.11 Å². The summed E-state index contributed by atoms with van der Waals surface area (Å²) in [7, 11) is 0. The molecule has 0 radical (unpaired) electrons. The molecule has 140 valence electrons. The summed E-state index contributed by atoms with van der Waals surface area (Å²) in [5.74, 6) is 0.731. The Bertz CT molecular complexity index is 999. The number of hydrogen-bond donors (Lipinski definition) is 2. The van der Waals surface area contributed by atoms with Crippen molar-refractivity contribution in [2.75, 3.05) is 11.9 Å². The fourth-order valence-corrected chi connectivity index (χ4v) is 3.93. The van der Waals surface area contributed by atoms with Crippen LogP contribution in [0.5, 0.6) is 5.75 Å². The van der Waals surface area contributed by atoms with Crippen LogP contribution in [0.25, 0.3) is 22.0 Å². The van der Waals surface area contributed by atoms with Crippen molar-refractivity contribution in [2.24, 2.45) is 0 Å². The van der Waals surface area contributed by atoms with E-state index in [0.29, 0.717) is 28.7 Å². The number of pyridine rings is 1. The third kappa shape index (κ3) is 3.42. The van der Waals surface area contributed by atoms with Crippen molar-refractivity contribution in [2.45, 2.75) is 38.8 Å². The molecule has 1 aliphatic rings. The molecular formula is C20H21ClN4O2. The second-order valence-corrected chi connectivity index (χ2v) is 7.98.